The molecule has 2 fully saturated rings. The first-order valence-corrected chi connectivity index (χ1v) is 13.4. The number of amides is 1. The number of carbonyl (C=O) groups excluding carboxylic acids is 1. The summed E-state index contributed by atoms with van der Waals surface area (Å²) < 4.78 is 5.63. The van der Waals surface area contributed by atoms with E-state index < -0.39 is 5.60 Å². The topological polar surface area (TPSA) is 58.2 Å². The Balaban J connectivity index is 1.26. The van der Waals surface area contributed by atoms with Crippen LogP contribution in [-0.2, 0) is 4.74 Å². The maximum atomic E-state index is 12.7. The lowest BCUT2D eigenvalue weighted by atomic mass is 9.85. The third kappa shape index (κ3) is 3.67. The summed E-state index contributed by atoms with van der Waals surface area (Å²) >= 11 is 1.83. The van der Waals surface area contributed by atoms with Crippen LogP contribution >= 0.6 is 11.3 Å². The number of ether oxygens (including phenoxy) is 1. The number of H-pyrrole nitrogens is 1. The summed E-state index contributed by atoms with van der Waals surface area (Å²) in [6.45, 7) is 8.70. The molecule has 1 saturated carbocycles. The summed E-state index contributed by atoms with van der Waals surface area (Å²) in [5.74, 6) is 2.36. The van der Waals surface area contributed by atoms with E-state index in [1.165, 1.54) is 40.1 Å². The molecule has 1 aliphatic heterocycles. The second-order valence-corrected chi connectivity index (χ2v) is 12.2. The van der Waals surface area contributed by atoms with Gasteiger partial charge in [0.25, 0.3) is 0 Å². The van der Waals surface area contributed by atoms with E-state index in [1.807, 2.05) is 43.2 Å². The number of carbonyl (C=O) groups is 1. The van der Waals surface area contributed by atoms with Gasteiger partial charge in [0, 0.05) is 11.4 Å². The molecule has 0 spiro atoms. The number of nitrogens with zero attached hydrogens (tertiary/aromatic N) is 2. The number of fused-ring (bicyclic) bond motifs is 5. The molecule has 3 aliphatic rings. The highest BCUT2D eigenvalue weighted by atomic mass is 32.1. The van der Waals surface area contributed by atoms with Crippen molar-refractivity contribution in [3.63, 3.8) is 0 Å². The minimum Gasteiger partial charge on any atom is -0.444 e. The molecule has 3 heterocycles. The van der Waals surface area contributed by atoms with E-state index in [0.717, 1.165) is 36.2 Å². The fraction of sp³-hybridized carbons (Fsp3) is 0.500. The third-order valence-corrected chi connectivity index (χ3v) is 8.83. The Morgan fingerprint density at radius 3 is 2.65 bits per heavy atom. The molecule has 6 rings (SSSR count). The zero-order valence-corrected chi connectivity index (χ0v) is 21.3. The van der Waals surface area contributed by atoms with Crippen molar-refractivity contribution in [2.24, 2.45) is 0 Å². The quantitative estimate of drug-likeness (QED) is 0.425. The minimum atomic E-state index is -0.498. The summed E-state index contributed by atoms with van der Waals surface area (Å²) in [6.07, 6.45) is 7.56. The lowest BCUT2D eigenvalue weighted by Gasteiger charge is -2.27. The van der Waals surface area contributed by atoms with Gasteiger partial charge in [-0.2, -0.15) is 0 Å². The molecule has 2 aliphatic carbocycles. The second kappa shape index (κ2) is 7.98. The van der Waals surface area contributed by atoms with Gasteiger partial charge < -0.3 is 9.72 Å². The Morgan fingerprint density at radius 2 is 1.85 bits per heavy atom. The predicted molar refractivity (Wildman–Crippen MR) is 136 cm³/mol. The van der Waals surface area contributed by atoms with Gasteiger partial charge in [-0.3, -0.25) is 4.90 Å². The Hall–Kier alpha value is -2.60. The molecule has 2 aromatic heterocycles. The van der Waals surface area contributed by atoms with Crippen LogP contribution < -0.4 is 0 Å². The smallest absolute Gasteiger partial charge is 0.410 e. The number of aromatic nitrogens is 2. The van der Waals surface area contributed by atoms with Gasteiger partial charge in [-0.05, 0) is 106 Å². The van der Waals surface area contributed by atoms with Crippen molar-refractivity contribution in [1.29, 1.82) is 0 Å². The molecular weight excluding hydrogens is 442 g/mol. The van der Waals surface area contributed by atoms with Crippen LogP contribution in [0.15, 0.2) is 30.5 Å². The van der Waals surface area contributed by atoms with Gasteiger partial charge in [0.1, 0.15) is 11.4 Å². The van der Waals surface area contributed by atoms with Gasteiger partial charge in [-0.25, -0.2) is 9.78 Å². The van der Waals surface area contributed by atoms with Crippen molar-refractivity contribution in [3.8, 4) is 21.0 Å². The summed E-state index contributed by atoms with van der Waals surface area (Å²) in [7, 11) is 0. The number of aromatic amines is 1. The largest absolute Gasteiger partial charge is 0.444 e. The molecule has 1 amide bonds. The summed E-state index contributed by atoms with van der Waals surface area (Å²) in [6, 6.07) is 9.06. The van der Waals surface area contributed by atoms with E-state index in [4.69, 9.17) is 4.74 Å². The van der Waals surface area contributed by atoms with Crippen LogP contribution in [0.25, 0.3) is 21.0 Å². The van der Waals surface area contributed by atoms with Crippen molar-refractivity contribution in [2.75, 3.05) is 6.54 Å². The van der Waals surface area contributed by atoms with Crippen molar-refractivity contribution < 1.29 is 9.53 Å². The summed E-state index contributed by atoms with van der Waals surface area (Å²) in [5.41, 5.74) is 6.67. The molecule has 3 atom stereocenters. The van der Waals surface area contributed by atoms with E-state index in [-0.39, 0.29) is 12.1 Å². The molecule has 5 nitrogen and oxygen atoms in total. The minimum absolute atomic E-state index is 0.0565. The van der Waals surface area contributed by atoms with Gasteiger partial charge in [-0.15, -0.1) is 11.3 Å². The first-order valence-electron chi connectivity index (χ1n) is 12.6. The normalized spacial score (nSPS) is 23.5. The predicted octanol–water partition coefficient (Wildman–Crippen LogP) is 7.55. The number of nitrogens with one attached hydrogen (secondary N) is 1. The van der Waals surface area contributed by atoms with Gasteiger partial charge >= 0.3 is 6.09 Å². The molecule has 1 saturated heterocycles. The fourth-order valence-corrected chi connectivity index (χ4v) is 7.31. The summed E-state index contributed by atoms with van der Waals surface area (Å²) in [5, 5.41) is 0. The number of rotatable bonds is 3. The van der Waals surface area contributed by atoms with Crippen LogP contribution in [0, 0.1) is 6.92 Å². The molecule has 0 radical (unpaired) electrons. The zero-order valence-electron chi connectivity index (χ0n) is 20.5. The average Bonchev–Trinajstić information content (AvgIpc) is 3.60. The number of aryl methyl sites for hydroxylation is 1. The number of hydrogen-bond acceptors (Lipinski definition) is 4. The van der Waals surface area contributed by atoms with Crippen molar-refractivity contribution in [3.05, 3.63) is 53.0 Å². The van der Waals surface area contributed by atoms with Gasteiger partial charge in [0.05, 0.1) is 22.8 Å². The van der Waals surface area contributed by atoms with Crippen molar-refractivity contribution in [1.82, 2.24) is 14.9 Å². The lowest BCUT2D eigenvalue weighted by Crippen LogP contribution is -2.36. The van der Waals surface area contributed by atoms with E-state index in [1.54, 1.807) is 11.1 Å². The van der Waals surface area contributed by atoms with Crippen LogP contribution in [0.3, 0.4) is 0 Å². The first-order chi connectivity index (χ1) is 16.3. The van der Waals surface area contributed by atoms with Gasteiger partial charge in [0.15, 0.2) is 0 Å². The molecule has 1 aromatic carbocycles. The highest BCUT2D eigenvalue weighted by molar-refractivity contribution is 7.18. The highest BCUT2D eigenvalue weighted by Crippen LogP contribution is 2.57. The molecule has 34 heavy (non-hydrogen) atoms. The molecule has 178 valence electrons. The van der Waals surface area contributed by atoms with E-state index >= 15 is 0 Å². The van der Waals surface area contributed by atoms with E-state index in [9.17, 15) is 4.79 Å². The molecule has 2 bridgehead atoms. The van der Waals surface area contributed by atoms with Crippen LogP contribution in [-0.4, -0.2) is 33.1 Å². The standard InChI is InChI=1S/C28H33N3O2S/c1-16-7-10-19(25-18-9-8-17(14-18)24(16)25)22-11-12-23(34-22)20-15-29-26(30-20)21-6-5-13-31(21)27(32)33-28(2,3)4/h7,10-12,15,17-18,21H,5-6,8-9,13-14H2,1-4H3,(H,29,30)/t17?,18?,21-/m0/s1. The highest BCUT2D eigenvalue weighted by Gasteiger charge is 2.39. The molecule has 3 aromatic rings. The Labute approximate surface area is 205 Å². The Bertz CT molecular complexity index is 1250. The van der Waals surface area contributed by atoms with E-state index in [0.29, 0.717) is 6.54 Å². The SMILES string of the molecule is Cc1ccc(-c2ccc(-c3cnc([C@@H]4CCCN4C(=O)OC(C)(C)C)[nH]3)s2)c2c1C1CCC2C1. The van der Waals surface area contributed by atoms with Gasteiger partial charge in [0.2, 0.25) is 0 Å². The van der Waals surface area contributed by atoms with E-state index in [2.05, 4.69) is 41.2 Å². The average molecular weight is 476 g/mol. The number of imidazole rings is 1. The number of hydrogen-bond donors (Lipinski definition) is 1. The maximum absolute atomic E-state index is 12.7. The van der Waals surface area contributed by atoms with Crippen LogP contribution in [0.5, 0.6) is 0 Å². The zero-order chi connectivity index (χ0) is 23.6. The Morgan fingerprint density at radius 1 is 1.09 bits per heavy atom. The van der Waals surface area contributed by atoms with Crippen molar-refractivity contribution in [2.45, 2.75) is 83.3 Å². The maximum Gasteiger partial charge on any atom is 0.410 e. The van der Waals surface area contributed by atoms with Crippen molar-refractivity contribution >= 4 is 17.4 Å². The van der Waals surface area contributed by atoms with Crippen LogP contribution in [0.4, 0.5) is 4.79 Å². The summed E-state index contributed by atoms with van der Waals surface area (Å²) in [4.78, 5) is 25.3. The number of likely N-dealkylation sites (tertiary alicyclic amines) is 1. The van der Waals surface area contributed by atoms with Crippen LogP contribution in [0.2, 0.25) is 0 Å². The second-order valence-electron chi connectivity index (χ2n) is 11.1. The third-order valence-electron chi connectivity index (χ3n) is 7.68. The lowest BCUT2D eigenvalue weighted by molar-refractivity contribution is 0.0218. The fourth-order valence-electron chi connectivity index (χ4n) is 6.30. The number of benzene rings is 1. The molecule has 6 heteroatoms. The number of thiophene rings is 1. The molecule has 1 N–H and O–H groups in total. The Kier molecular flexibility index (Phi) is 5.14. The van der Waals surface area contributed by atoms with Gasteiger partial charge in [-0.1, -0.05) is 12.1 Å². The molecular formula is C28H33N3O2S. The first kappa shape index (κ1) is 21.9. The van der Waals surface area contributed by atoms with Crippen LogP contribution in [0.1, 0.15) is 93.3 Å². The molecule has 2 unspecified atom stereocenters. The monoisotopic (exact) mass is 475 g/mol.